The first kappa shape index (κ1) is 12.6. The Morgan fingerprint density at radius 2 is 2.06 bits per heavy atom. The Morgan fingerprint density at radius 1 is 1.44 bits per heavy atom. The summed E-state index contributed by atoms with van der Waals surface area (Å²) in [5.41, 5.74) is -1.44. The molecule has 0 bridgehead atoms. The number of hydrogen-bond donors (Lipinski definition) is 1. The lowest BCUT2D eigenvalue weighted by molar-refractivity contribution is -0.160. The van der Waals surface area contributed by atoms with Crippen LogP contribution < -0.4 is 0 Å². The number of esters is 1. The van der Waals surface area contributed by atoms with E-state index in [1.165, 1.54) is 13.0 Å². The van der Waals surface area contributed by atoms with Gasteiger partial charge < -0.3 is 9.84 Å². The molecule has 0 radical (unpaired) electrons. The molecule has 0 aliphatic rings. The fourth-order valence-electron chi connectivity index (χ4n) is 1.34. The van der Waals surface area contributed by atoms with E-state index >= 15 is 0 Å². The van der Waals surface area contributed by atoms with Gasteiger partial charge in [-0.2, -0.15) is 0 Å². The molecule has 0 spiro atoms. The predicted octanol–water partition coefficient (Wildman–Crippen LogP) is 1.43. The highest BCUT2D eigenvalue weighted by Gasteiger charge is 2.31. The summed E-state index contributed by atoms with van der Waals surface area (Å²) >= 11 is 0. The normalized spacial score (nSPS) is 14.3. The lowest BCUT2D eigenvalue weighted by atomic mass is 9.96. The van der Waals surface area contributed by atoms with Gasteiger partial charge in [-0.15, -0.1) is 0 Å². The summed E-state index contributed by atoms with van der Waals surface area (Å²) in [5.74, 6) is -2.81. The molecule has 0 fully saturated rings. The second-order valence-corrected chi connectivity index (χ2v) is 3.69. The van der Waals surface area contributed by atoms with Crippen molar-refractivity contribution in [3.8, 4) is 0 Å². The van der Waals surface area contributed by atoms with E-state index in [-0.39, 0.29) is 6.42 Å². The number of rotatable bonds is 3. The topological polar surface area (TPSA) is 46.5 Å². The minimum atomic E-state index is -1.75. The van der Waals surface area contributed by atoms with Gasteiger partial charge in [0.1, 0.15) is 0 Å². The van der Waals surface area contributed by atoms with Gasteiger partial charge >= 0.3 is 5.97 Å². The molecule has 0 saturated carbocycles. The van der Waals surface area contributed by atoms with Crippen molar-refractivity contribution in [1.82, 2.24) is 0 Å². The Morgan fingerprint density at radius 3 is 2.56 bits per heavy atom. The Balaban J connectivity index is 2.88. The highest BCUT2D eigenvalue weighted by atomic mass is 19.2. The summed E-state index contributed by atoms with van der Waals surface area (Å²) in [6, 6.07) is 3.18. The Kier molecular flexibility index (Phi) is 3.59. The van der Waals surface area contributed by atoms with Gasteiger partial charge in [0, 0.05) is 6.42 Å². The van der Waals surface area contributed by atoms with Gasteiger partial charge in [0.25, 0.3) is 0 Å². The maximum atomic E-state index is 12.9. The SMILES string of the molecule is COC(=O)C(C)(O)Cc1ccc(F)c(F)c1. The van der Waals surface area contributed by atoms with E-state index in [0.717, 1.165) is 19.2 Å². The van der Waals surface area contributed by atoms with Gasteiger partial charge in [-0.1, -0.05) is 6.07 Å². The van der Waals surface area contributed by atoms with E-state index in [4.69, 9.17) is 0 Å². The van der Waals surface area contributed by atoms with Crippen molar-refractivity contribution in [3.05, 3.63) is 35.4 Å². The van der Waals surface area contributed by atoms with Crippen molar-refractivity contribution >= 4 is 5.97 Å². The second-order valence-electron chi connectivity index (χ2n) is 3.69. The van der Waals surface area contributed by atoms with E-state index in [2.05, 4.69) is 4.74 Å². The van der Waals surface area contributed by atoms with Crippen LogP contribution in [0.5, 0.6) is 0 Å². The molecule has 3 nitrogen and oxygen atoms in total. The molecule has 1 atom stereocenters. The number of hydrogen-bond acceptors (Lipinski definition) is 3. The zero-order valence-corrected chi connectivity index (χ0v) is 8.96. The molecule has 1 aromatic carbocycles. The number of methoxy groups -OCH3 is 1. The van der Waals surface area contributed by atoms with Crippen LogP contribution in [-0.2, 0) is 16.0 Å². The molecule has 16 heavy (non-hydrogen) atoms. The van der Waals surface area contributed by atoms with Crippen molar-refractivity contribution in [3.63, 3.8) is 0 Å². The molecule has 0 aromatic heterocycles. The fourth-order valence-corrected chi connectivity index (χ4v) is 1.34. The van der Waals surface area contributed by atoms with Crippen LogP contribution in [-0.4, -0.2) is 23.8 Å². The van der Waals surface area contributed by atoms with E-state index < -0.39 is 23.2 Å². The van der Waals surface area contributed by atoms with Crippen molar-refractivity contribution in [2.75, 3.05) is 7.11 Å². The smallest absolute Gasteiger partial charge is 0.337 e. The maximum Gasteiger partial charge on any atom is 0.337 e. The zero-order valence-electron chi connectivity index (χ0n) is 8.96. The van der Waals surface area contributed by atoms with Gasteiger partial charge in [0.15, 0.2) is 17.2 Å². The number of benzene rings is 1. The van der Waals surface area contributed by atoms with Crippen molar-refractivity contribution in [2.24, 2.45) is 0 Å². The lowest BCUT2D eigenvalue weighted by Gasteiger charge is -2.20. The van der Waals surface area contributed by atoms with Gasteiger partial charge in [-0.05, 0) is 24.6 Å². The first-order valence-corrected chi connectivity index (χ1v) is 4.61. The van der Waals surface area contributed by atoms with Crippen LogP contribution >= 0.6 is 0 Å². The molecule has 0 aliphatic heterocycles. The summed E-state index contributed by atoms with van der Waals surface area (Å²) in [5, 5.41) is 9.71. The number of carbonyl (C=O) groups is 1. The lowest BCUT2D eigenvalue weighted by Crippen LogP contribution is -2.38. The number of carbonyl (C=O) groups excluding carboxylic acids is 1. The Bertz CT molecular complexity index is 402. The highest BCUT2D eigenvalue weighted by Crippen LogP contribution is 2.17. The Hall–Kier alpha value is -1.49. The van der Waals surface area contributed by atoms with Crippen LogP contribution in [0.3, 0.4) is 0 Å². The molecule has 1 unspecified atom stereocenters. The van der Waals surface area contributed by atoms with Crippen molar-refractivity contribution < 1.29 is 23.4 Å². The molecule has 1 aromatic rings. The van der Waals surface area contributed by atoms with Crippen LogP contribution in [0.2, 0.25) is 0 Å². The molecule has 0 amide bonds. The molecule has 0 aliphatic carbocycles. The second kappa shape index (κ2) is 4.57. The molecular formula is C11H12F2O3. The number of ether oxygens (including phenoxy) is 1. The van der Waals surface area contributed by atoms with Crippen molar-refractivity contribution in [2.45, 2.75) is 18.9 Å². The zero-order chi connectivity index (χ0) is 12.3. The monoisotopic (exact) mass is 230 g/mol. The first-order chi connectivity index (χ1) is 7.36. The standard InChI is InChI=1S/C11H12F2O3/c1-11(15,10(14)16-2)6-7-3-4-8(12)9(13)5-7/h3-5,15H,6H2,1-2H3. The first-order valence-electron chi connectivity index (χ1n) is 4.61. The van der Waals surface area contributed by atoms with E-state index in [1.807, 2.05) is 0 Å². The number of aliphatic hydroxyl groups is 1. The average Bonchev–Trinajstić information content (AvgIpc) is 2.22. The maximum absolute atomic E-state index is 12.9. The van der Waals surface area contributed by atoms with E-state index in [1.54, 1.807) is 0 Å². The molecular weight excluding hydrogens is 218 g/mol. The van der Waals surface area contributed by atoms with Gasteiger partial charge in [0.2, 0.25) is 0 Å². The van der Waals surface area contributed by atoms with Crippen LogP contribution in [0.25, 0.3) is 0 Å². The minimum Gasteiger partial charge on any atom is -0.467 e. The van der Waals surface area contributed by atoms with Crippen LogP contribution in [0.1, 0.15) is 12.5 Å². The predicted molar refractivity (Wildman–Crippen MR) is 52.7 cm³/mol. The third kappa shape index (κ3) is 2.76. The minimum absolute atomic E-state index is 0.142. The largest absolute Gasteiger partial charge is 0.467 e. The summed E-state index contributed by atoms with van der Waals surface area (Å²) in [6.07, 6.45) is -0.142. The molecule has 88 valence electrons. The summed E-state index contributed by atoms with van der Waals surface area (Å²) < 4.78 is 29.9. The van der Waals surface area contributed by atoms with Gasteiger partial charge in [-0.3, -0.25) is 0 Å². The van der Waals surface area contributed by atoms with E-state index in [0.29, 0.717) is 5.56 Å². The van der Waals surface area contributed by atoms with Crippen LogP contribution in [0.4, 0.5) is 8.78 Å². The average molecular weight is 230 g/mol. The Labute approximate surface area is 91.7 Å². The summed E-state index contributed by atoms with van der Waals surface area (Å²) in [6.45, 7) is 1.25. The van der Waals surface area contributed by atoms with Crippen LogP contribution in [0.15, 0.2) is 18.2 Å². The fraction of sp³-hybridized carbons (Fsp3) is 0.364. The quantitative estimate of drug-likeness (QED) is 0.799. The van der Waals surface area contributed by atoms with Gasteiger partial charge in [0.05, 0.1) is 7.11 Å². The highest BCUT2D eigenvalue weighted by molar-refractivity contribution is 5.79. The third-order valence-corrected chi connectivity index (χ3v) is 2.16. The van der Waals surface area contributed by atoms with E-state index in [9.17, 15) is 18.7 Å². The molecule has 0 saturated heterocycles. The molecule has 5 heteroatoms. The van der Waals surface area contributed by atoms with Gasteiger partial charge in [-0.25, -0.2) is 13.6 Å². The third-order valence-electron chi connectivity index (χ3n) is 2.16. The molecule has 0 heterocycles. The summed E-state index contributed by atoms with van der Waals surface area (Å²) in [4.78, 5) is 11.1. The number of halogens is 2. The molecule has 1 rings (SSSR count). The van der Waals surface area contributed by atoms with Crippen molar-refractivity contribution in [1.29, 1.82) is 0 Å². The molecule has 1 N–H and O–H groups in total. The van der Waals surface area contributed by atoms with Crippen LogP contribution in [0, 0.1) is 11.6 Å². The summed E-state index contributed by atoms with van der Waals surface area (Å²) in [7, 11) is 1.14.